The predicted molar refractivity (Wildman–Crippen MR) is 79.8 cm³/mol. The van der Waals surface area contributed by atoms with E-state index in [-0.39, 0.29) is 0 Å². The van der Waals surface area contributed by atoms with Gasteiger partial charge in [-0.3, -0.25) is 4.90 Å². The monoisotopic (exact) mass is 266 g/mol. The van der Waals surface area contributed by atoms with Gasteiger partial charge in [-0.2, -0.15) is 0 Å². The van der Waals surface area contributed by atoms with Crippen molar-refractivity contribution in [1.82, 2.24) is 4.90 Å². The summed E-state index contributed by atoms with van der Waals surface area (Å²) in [7, 11) is 2.23. The van der Waals surface area contributed by atoms with Gasteiger partial charge in [-0.05, 0) is 43.2 Å². The fourth-order valence-electron chi connectivity index (χ4n) is 3.33. The van der Waals surface area contributed by atoms with E-state index in [2.05, 4.69) is 36.4 Å². The molecule has 0 saturated heterocycles. The van der Waals surface area contributed by atoms with Crippen LogP contribution in [0, 0.1) is 11.8 Å². The van der Waals surface area contributed by atoms with E-state index >= 15 is 0 Å². The lowest BCUT2D eigenvalue weighted by atomic mass is 9.78. The van der Waals surface area contributed by atoms with Gasteiger partial charge in [-0.15, -0.1) is 11.3 Å². The molecule has 1 fully saturated rings. The maximum atomic E-state index is 6.04. The lowest BCUT2D eigenvalue weighted by Gasteiger charge is -2.37. The first-order valence-corrected chi connectivity index (χ1v) is 8.01. The molecule has 102 valence electrons. The Hall–Kier alpha value is -0.380. The van der Waals surface area contributed by atoms with E-state index in [1.54, 1.807) is 0 Å². The zero-order valence-corrected chi connectivity index (χ0v) is 12.5. The number of hydrogen-bond acceptors (Lipinski definition) is 3. The van der Waals surface area contributed by atoms with Crippen LogP contribution in [0.4, 0.5) is 0 Å². The fraction of sp³-hybridized carbons (Fsp3) is 0.733. The average molecular weight is 266 g/mol. The Morgan fingerprint density at radius 1 is 1.50 bits per heavy atom. The maximum absolute atomic E-state index is 6.04. The molecule has 2 N–H and O–H groups in total. The summed E-state index contributed by atoms with van der Waals surface area (Å²) in [5.74, 6) is 1.68. The van der Waals surface area contributed by atoms with Crippen molar-refractivity contribution in [3.05, 3.63) is 22.4 Å². The summed E-state index contributed by atoms with van der Waals surface area (Å²) in [6.45, 7) is 4.22. The number of likely N-dealkylation sites (N-methyl/N-ethyl adjacent to an activating group) is 1. The molecule has 3 unspecified atom stereocenters. The van der Waals surface area contributed by atoms with Crippen molar-refractivity contribution in [3.63, 3.8) is 0 Å². The normalized spacial score (nSPS) is 26.4. The Kier molecular flexibility index (Phi) is 5.22. The molecule has 1 aliphatic rings. The highest BCUT2D eigenvalue weighted by Crippen LogP contribution is 2.32. The van der Waals surface area contributed by atoms with Crippen molar-refractivity contribution >= 4 is 11.3 Å². The van der Waals surface area contributed by atoms with E-state index in [1.165, 1.54) is 30.6 Å². The topological polar surface area (TPSA) is 29.3 Å². The number of nitrogens with zero attached hydrogens (tertiary/aromatic N) is 1. The minimum atomic E-state index is 0.551. The molecule has 0 aromatic carbocycles. The van der Waals surface area contributed by atoms with E-state index in [1.807, 2.05) is 11.3 Å². The summed E-state index contributed by atoms with van der Waals surface area (Å²) in [6, 6.07) is 4.90. The Labute approximate surface area is 115 Å². The largest absolute Gasteiger partial charge is 0.329 e. The third-order valence-corrected chi connectivity index (χ3v) is 5.18. The molecule has 2 rings (SSSR count). The number of thiophene rings is 1. The second kappa shape index (κ2) is 6.69. The highest BCUT2D eigenvalue weighted by molar-refractivity contribution is 7.09. The van der Waals surface area contributed by atoms with Gasteiger partial charge in [0.2, 0.25) is 0 Å². The van der Waals surface area contributed by atoms with Gasteiger partial charge in [0, 0.05) is 24.0 Å². The smallest absolute Gasteiger partial charge is 0.0328 e. The molecule has 0 bridgehead atoms. The minimum Gasteiger partial charge on any atom is -0.329 e. The number of rotatable bonds is 5. The molecule has 1 aromatic heterocycles. The summed E-state index contributed by atoms with van der Waals surface area (Å²) >= 11 is 1.84. The van der Waals surface area contributed by atoms with Crippen LogP contribution in [0.2, 0.25) is 0 Å². The average Bonchev–Trinajstić information content (AvgIpc) is 2.83. The lowest BCUT2D eigenvalue weighted by Crippen LogP contribution is -2.44. The van der Waals surface area contributed by atoms with Crippen LogP contribution in [0.25, 0.3) is 0 Å². The molecule has 3 heteroatoms. The molecule has 1 heterocycles. The quantitative estimate of drug-likeness (QED) is 0.885. The second-order valence-electron chi connectivity index (χ2n) is 5.83. The van der Waals surface area contributed by atoms with E-state index < -0.39 is 0 Å². The van der Waals surface area contributed by atoms with Crippen LogP contribution in [-0.2, 0) is 6.54 Å². The van der Waals surface area contributed by atoms with Gasteiger partial charge < -0.3 is 5.73 Å². The van der Waals surface area contributed by atoms with Crippen LogP contribution in [-0.4, -0.2) is 24.5 Å². The highest BCUT2D eigenvalue weighted by Gasteiger charge is 2.28. The third-order valence-electron chi connectivity index (χ3n) is 4.31. The van der Waals surface area contributed by atoms with Gasteiger partial charge in [0.05, 0.1) is 0 Å². The molecule has 1 aliphatic carbocycles. The van der Waals surface area contributed by atoms with Crippen molar-refractivity contribution in [3.8, 4) is 0 Å². The molecule has 0 aliphatic heterocycles. The molecular weight excluding hydrogens is 240 g/mol. The van der Waals surface area contributed by atoms with Crippen molar-refractivity contribution in [2.24, 2.45) is 17.6 Å². The third kappa shape index (κ3) is 3.56. The first-order chi connectivity index (χ1) is 8.70. The van der Waals surface area contributed by atoms with Crippen molar-refractivity contribution in [2.45, 2.75) is 45.2 Å². The highest BCUT2D eigenvalue weighted by atomic mass is 32.1. The molecule has 0 amide bonds. The van der Waals surface area contributed by atoms with E-state index in [9.17, 15) is 0 Å². The van der Waals surface area contributed by atoms with Gasteiger partial charge in [-0.1, -0.05) is 25.8 Å². The van der Waals surface area contributed by atoms with E-state index in [0.29, 0.717) is 6.04 Å². The summed E-state index contributed by atoms with van der Waals surface area (Å²) in [6.07, 6.45) is 5.51. The molecule has 3 atom stereocenters. The molecule has 0 radical (unpaired) electrons. The Balaban J connectivity index is 1.94. The number of nitrogens with two attached hydrogens (primary N) is 1. The molecular formula is C15H26N2S. The van der Waals surface area contributed by atoms with Gasteiger partial charge >= 0.3 is 0 Å². The predicted octanol–water partition coefficient (Wildman–Crippen LogP) is 3.33. The van der Waals surface area contributed by atoms with E-state index in [0.717, 1.165) is 24.9 Å². The summed E-state index contributed by atoms with van der Waals surface area (Å²) in [5, 5.41) is 2.16. The van der Waals surface area contributed by atoms with Gasteiger partial charge in [0.15, 0.2) is 0 Å². The van der Waals surface area contributed by atoms with Gasteiger partial charge in [0.25, 0.3) is 0 Å². The summed E-state index contributed by atoms with van der Waals surface area (Å²) in [5.41, 5.74) is 6.04. The van der Waals surface area contributed by atoms with Crippen LogP contribution in [0.5, 0.6) is 0 Å². The van der Waals surface area contributed by atoms with Crippen molar-refractivity contribution in [2.75, 3.05) is 13.6 Å². The Morgan fingerprint density at radius 3 is 2.94 bits per heavy atom. The summed E-state index contributed by atoms with van der Waals surface area (Å²) < 4.78 is 0. The Morgan fingerprint density at radius 2 is 2.33 bits per heavy atom. The van der Waals surface area contributed by atoms with Crippen LogP contribution in [0.15, 0.2) is 17.5 Å². The van der Waals surface area contributed by atoms with Crippen molar-refractivity contribution < 1.29 is 0 Å². The minimum absolute atomic E-state index is 0.551. The standard InChI is InChI=1S/C15H26N2S/c1-12-5-3-6-13(9-12)15(10-16)17(2)11-14-7-4-8-18-14/h4,7-8,12-13,15H,3,5-6,9-11,16H2,1-2H3. The van der Waals surface area contributed by atoms with Crippen LogP contribution >= 0.6 is 11.3 Å². The first-order valence-electron chi connectivity index (χ1n) is 7.13. The maximum Gasteiger partial charge on any atom is 0.0328 e. The van der Waals surface area contributed by atoms with Crippen LogP contribution in [0.3, 0.4) is 0 Å². The SMILES string of the molecule is CC1CCCC(C(CN)N(C)Cc2cccs2)C1. The first kappa shape index (κ1) is 14.0. The molecule has 0 spiro atoms. The zero-order valence-electron chi connectivity index (χ0n) is 11.6. The molecule has 2 nitrogen and oxygen atoms in total. The fourth-order valence-corrected chi connectivity index (χ4v) is 4.10. The second-order valence-corrected chi connectivity index (χ2v) is 6.86. The number of hydrogen-bond donors (Lipinski definition) is 1. The van der Waals surface area contributed by atoms with Crippen LogP contribution in [0.1, 0.15) is 37.5 Å². The van der Waals surface area contributed by atoms with Crippen molar-refractivity contribution in [1.29, 1.82) is 0 Å². The lowest BCUT2D eigenvalue weighted by molar-refractivity contribution is 0.126. The van der Waals surface area contributed by atoms with Gasteiger partial charge in [0.1, 0.15) is 0 Å². The molecule has 1 saturated carbocycles. The van der Waals surface area contributed by atoms with E-state index in [4.69, 9.17) is 5.73 Å². The zero-order chi connectivity index (χ0) is 13.0. The summed E-state index contributed by atoms with van der Waals surface area (Å²) in [4.78, 5) is 3.91. The molecule has 18 heavy (non-hydrogen) atoms. The molecule has 1 aromatic rings. The van der Waals surface area contributed by atoms with Gasteiger partial charge in [-0.25, -0.2) is 0 Å². The Bertz CT molecular complexity index is 336. The van der Waals surface area contributed by atoms with Crippen LogP contribution < -0.4 is 5.73 Å².